The second-order valence-corrected chi connectivity index (χ2v) is 5.13. The smallest absolute Gasteiger partial charge is 0.209 e. The highest BCUT2D eigenvalue weighted by atomic mass is 79.9. The first-order valence-corrected chi connectivity index (χ1v) is 6.76. The van der Waals surface area contributed by atoms with Crippen LogP contribution in [0, 0.1) is 0 Å². The molecule has 2 rings (SSSR count). The molecule has 0 aliphatic heterocycles. The molecule has 0 aliphatic rings. The van der Waals surface area contributed by atoms with E-state index in [1.807, 2.05) is 12.3 Å². The predicted molar refractivity (Wildman–Crippen MR) is 68.4 cm³/mol. The summed E-state index contributed by atoms with van der Waals surface area (Å²) >= 11 is 4.95. The molecule has 2 aromatic heterocycles. The third-order valence-electron chi connectivity index (χ3n) is 1.97. The summed E-state index contributed by atoms with van der Waals surface area (Å²) in [5, 5.41) is 12.2. The third-order valence-corrected chi connectivity index (χ3v) is 3.43. The van der Waals surface area contributed by atoms with Gasteiger partial charge < -0.3 is 5.73 Å². The van der Waals surface area contributed by atoms with Crippen molar-refractivity contribution in [2.24, 2.45) is 5.73 Å². The van der Waals surface area contributed by atoms with E-state index in [1.54, 1.807) is 22.6 Å². The second kappa shape index (κ2) is 6.08. The summed E-state index contributed by atoms with van der Waals surface area (Å²) < 4.78 is 2.67. The van der Waals surface area contributed by atoms with Crippen molar-refractivity contribution in [2.75, 3.05) is 6.54 Å². The molecule has 0 bridgehead atoms. The highest BCUT2D eigenvalue weighted by Gasteiger charge is 2.06. The zero-order valence-corrected chi connectivity index (χ0v) is 11.4. The number of thioether (sulfide) groups is 1. The first-order chi connectivity index (χ1) is 8.29. The zero-order valence-electron chi connectivity index (χ0n) is 8.95. The molecule has 8 heteroatoms. The molecule has 0 aliphatic carbocycles. The fraction of sp³-hybridized carbons (Fsp3) is 0.333. The fourth-order valence-corrected chi connectivity index (χ4v) is 2.48. The van der Waals surface area contributed by atoms with Crippen molar-refractivity contribution in [1.29, 1.82) is 0 Å². The van der Waals surface area contributed by atoms with Crippen LogP contribution in [-0.2, 0) is 12.3 Å². The van der Waals surface area contributed by atoms with Crippen LogP contribution in [0.15, 0.2) is 28.1 Å². The van der Waals surface area contributed by atoms with Gasteiger partial charge in [-0.05, 0) is 38.0 Å². The maximum Gasteiger partial charge on any atom is 0.209 e. The monoisotopic (exact) mass is 314 g/mol. The third kappa shape index (κ3) is 3.48. The predicted octanol–water partition coefficient (Wildman–Crippen LogP) is 1.08. The van der Waals surface area contributed by atoms with E-state index in [0.29, 0.717) is 13.1 Å². The quantitative estimate of drug-likeness (QED) is 0.832. The number of hydrogen-bond donors (Lipinski definition) is 1. The zero-order chi connectivity index (χ0) is 12.1. The Kier molecular flexibility index (Phi) is 4.46. The molecule has 6 nitrogen and oxygen atoms in total. The van der Waals surface area contributed by atoms with Crippen molar-refractivity contribution in [2.45, 2.75) is 17.5 Å². The van der Waals surface area contributed by atoms with Gasteiger partial charge in [-0.15, -0.1) is 5.10 Å². The number of nitrogens with zero attached hydrogens (tertiary/aromatic N) is 5. The van der Waals surface area contributed by atoms with Crippen LogP contribution in [0.5, 0.6) is 0 Å². The van der Waals surface area contributed by atoms with Gasteiger partial charge in [0.05, 0.1) is 6.54 Å². The van der Waals surface area contributed by atoms with Gasteiger partial charge in [0.15, 0.2) is 0 Å². The summed E-state index contributed by atoms with van der Waals surface area (Å²) in [5.41, 5.74) is 6.59. The molecule has 0 radical (unpaired) electrons. The largest absolute Gasteiger partial charge is 0.329 e. The maximum absolute atomic E-state index is 5.47. The first kappa shape index (κ1) is 12.5. The lowest BCUT2D eigenvalue weighted by molar-refractivity contribution is 0.557. The molecule has 0 aromatic carbocycles. The number of tetrazole rings is 1. The number of hydrogen-bond acceptors (Lipinski definition) is 6. The highest BCUT2D eigenvalue weighted by Crippen LogP contribution is 2.20. The summed E-state index contributed by atoms with van der Waals surface area (Å²) in [6, 6.07) is 2.02. The molecule has 2 aromatic rings. The number of pyridine rings is 1. The van der Waals surface area contributed by atoms with Crippen molar-refractivity contribution in [3.63, 3.8) is 0 Å². The normalized spacial score (nSPS) is 10.7. The topological polar surface area (TPSA) is 82.5 Å². The minimum Gasteiger partial charge on any atom is -0.329 e. The van der Waals surface area contributed by atoms with E-state index >= 15 is 0 Å². The van der Waals surface area contributed by atoms with E-state index in [0.717, 1.165) is 20.9 Å². The van der Waals surface area contributed by atoms with Crippen LogP contribution >= 0.6 is 27.7 Å². The molecule has 0 unspecified atom stereocenters. The minimum absolute atomic E-state index is 0.525. The molecule has 0 spiro atoms. The van der Waals surface area contributed by atoms with Crippen molar-refractivity contribution >= 4 is 27.7 Å². The van der Waals surface area contributed by atoms with Gasteiger partial charge in [0.2, 0.25) is 5.16 Å². The van der Waals surface area contributed by atoms with Gasteiger partial charge in [0, 0.05) is 29.2 Å². The lowest BCUT2D eigenvalue weighted by Crippen LogP contribution is -2.12. The van der Waals surface area contributed by atoms with Crippen LogP contribution in [0.2, 0.25) is 0 Å². The summed E-state index contributed by atoms with van der Waals surface area (Å²) in [4.78, 5) is 4.10. The number of nitrogens with two attached hydrogens (primary N) is 1. The Morgan fingerprint density at radius 3 is 3.06 bits per heavy atom. The Labute approximate surface area is 111 Å². The van der Waals surface area contributed by atoms with E-state index in [9.17, 15) is 0 Å². The molecule has 17 heavy (non-hydrogen) atoms. The van der Waals surface area contributed by atoms with Gasteiger partial charge in [-0.25, -0.2) is 4.68 Å². The SMILES string of the molecule is NCCn1nnnc1SCc1cncc(Br)c1. The summed E-state index contributed by atoms with van der Waals surface area (Å²) in [6.07, 6.45) is 3.58. The van der Waals surface area contributed by atoms with Crippen molar-refractivity contribution in [3.8, 4) is 0 Å². The van der Waals surface area contributed by atoms with Crippen molar-refractivity contribution in [1.82, 2.24) is 25.2 Å². The van der Waals surface area contributed by atoms with E-state index in [4.69, 9.17) is 5.73 Å². The van der Waals surface area contributed by atoms with Crippen molar-refractivity contribution in [3.05, 3.63) is 28.5 Å². The van der Waals surface area contributed by atoms with Gasteiger partial charge in [0.25, 0.3) is 0 Å². The lowest BCUT2D eigenvalue weighted by Gasteiger charge is -2.02. The fourth-order valence-electron chi connectivity index (χ4n) is 1.25. The molecule has 2 heterocycles. The molecular weight excluding hydrogens is 304 g/mol. The van der Waals surface area contributed by atoms with Crippen LogP contribution in [0.3, 0.4) is 0 Å². The molecule has 0 saturated heterocycles. The molecule has 0 amide bonds. The molecule has 0 atom stereocenters. The van der Waals surface area contributed by atoms with Gasteiger partial charge in [0.1, 0.15) is 0 Å². The Bertz CT molecular complexity index is 488. The Morgan fingerprint density at radius 2 is 2.29 bits per heavy atom. The van der Waals surface area contributed by atoms with Gasteiger partial charge in [-0.3, -0.25) is 4.98 Å². The van der Waals surface area contributed by atoms with Gasteiger partial charge >= 0.3 is 0 Å². The maximum atomic E-state index is 5.47. The van der Waals surface area contributed by atoms with E-state index < -0.39 is 0 Å². The average Bonchev–Trinajstić information content (AvgIpc) is 2.75. The molecular formula is C9H11BrN6S. The summed E-state index contributed by atoms with van der Waals surface area (Å²) in [6.45, 7) is 1.16. The second-order valence-electron chi connectivity index (χ2n) is 3.27. The first-order valence-electron chi connectivity index (χ1n) is 4.98. The van der Waals surface area contributed by atoms with Crippen LogP contribution < -0.4 is 5.73 Å². The van der Waals surface area contributed by atoms with Gasteiger partial charge in [-0.2, -0.15) is 0 Å². The van der Waals surface area contributed by atoms with E-state index in [1.165, 1.54) is 0 Å². The highest BCUT2D eigenvalue weighted by molar-refractivity contribution is 9.10. The summed E-state index contributed by atoms with van der Waals surface area (Å²) in [5.74, 6) is 0.775. The number of rotatable bonds is 5. The van der Waals surface area contributed by atoms with Crippen molar-refractivity contribution < 1.29 is 0 Å². The Balaban J connectivity index is 1.99. The Morgan fingerprint density at radius 1 is 1.41 bits per heavy atom. The lowest BCUT2D eigenvalue weighted by atomic mass is 10.3. The van der Waals surface area contributed by atoms with Crippen LogP contribution in [0.1, 0.15) is 5.56 Å². The molecule has 0 fully saturated rings. The number of halogens is 1. The summed E-state index contributed by atoms with van der Waals surface area (Å²) in [7, 11) is 0. The Hall–Kier alpha value is -0.990. The van der Waals surface area contributed by atoms with Crippen LogP contribution in [0.25, 0.3) is 0 Å². The number of aromatic nitrogens is 5. The minimum atomic E-state index is 0.525. The molecule has 0 saturated carbocycles. The van der Waals surface area contributed by atoms with Crippen LogP contribution in [-0.4, -0.2) is 31.7 Å². The molecule has 2 N–H and O–H groups in total. The van der Waals surface area contributed by atoms with Gasteiger partial charge in [-0.1, -0.05) is 11.8 Å². The average molecular weight is 315 g/mol. The van der Waals surface area contributed by atoms with E-state index in [2.05, 4.69) is 36.4 Å². The van der Waals surface area contributed by atoms with E-state index in [-0.39, 0.29) is 0 Å². The molecule has 90 valence electrons. The standard InChI is InChI=1S/C9H11BrN6S/c10-8-3-7(4-12-5-8)6-17-9-13-14-15-16(9)2-1-11/h3-5H,1-2,6,11H2. The van der Waals surface area contributed by atoms with Crippen LogP contribution in [0.4, 0.5) is 0 Å².